The number of amides is 1. The number of hydrogen-bond acceptors (Lipinski definition) is 8. The van der Waals surface area contributed by atoms with Gasteiger partial charge in [-0.25, -0.2) is 17.9 Å². The second-order valence-electron chi connectivity index (χ2n) is 9.03. The molecule has 1 fully saturated rings. The molecule has 1 saturated heterocycles. The second-order valence-corrected chi connectivity index (χ2v) is 10.6. The van der Waals surface area contributed by atoms with Gasteiger partial charge in [0.05, 0.1) is 18.4 Å². The zero-order chi connectivity index (χ0) is 30.2. The fourth-order valence-corrected chi connectivity index (χ4v) is 5.65. The molecule has 2 heterocycles. The first kappa shape index (κ1) is 31.1. The number of nitrogens with zero attached hydrogens (tertiary/aromatic N) is 4. The van der Waals surface area contributed by atoms with Gasteiger partial charge in [-0.2, -0.15) is 0 Å². The molecule has 1 aliphatic heterocycles. The maximum absolute atomic E-state index is 13.8. The third kappa shape index (κ3) is 6.79. The Morgan fingerprint density at radius 2 is 1.85 bits per heavy atom. The normalized spacial score (nSPS) is 23.0. The minimum atomic E-state index is -5.26. The molecule has 1 amide bonds. The van der Waals surface area contributed by atoms with Crippen LogP contribution in [0.15, 0.2) is 41.4 Å². The lowest BCUT2D eigenvalue weighted by atomic mass is 9.97. The van der Waals surface area contributed by atoms with Crippen LogP contribution >= 0.6 is 23.4 Å². The highest BCUT2D eigenvalue weighted by Crippen LogP contribution is 2.43. The van der Waals surface area contributed by atoms with E-state index in [-0.39, 0.29) is 26.7 Å². The third-order valence-corrected chi connectivity index (χ3v) is 7.45. The quantitative estimate of drug-likeness (QED) is 0.299. The van der Waals surface area contributed by atoms with Gasteiger partial charge in [-0.05, 0) is 30.3 Å². The summed E-state index contributed by atoms with van der Waals surface area (Å²) in [5.74, 6) is -5.32. The van der Waals surface area contributed by atoms with Gasteiger partial charge in [0.25, 0.3) is 5.91 Å². The minimum absolute atomic E-state index is 0.0744. The molecule has 1 aromatic heterocycles. The van der Waals surface area contributed by atoms with Crippen molar-refractivity contribution >= 4 is 29.3 Å². The summed E-state index contributed by atoms with van der Waals surface area (Å²) in [6, 6.07) is 3.59. The average Bonchev–Trinajstić information content (AvgIpc) is 3.37. The van der Waals surface area contributed by atoms with E-state index in [4.69, 9.17) is 16.3 Å². The van der Waals surface area contributed by atoms with Crippen LogP contribution in [0.25, 0.3) is 11.3 Å². The SMILES string of the molecule is CN(C)C(=O)c1ccc(Cl)cc1S[C@H]1OC(CO)[C@H](O)C(n2cc(-c3cc(F)c(F)c(F)c3)nn2)C1OC(F)(F)F. The molecule has 0 bridgehead atoms. The van der Waals surface area contributed by atoms with Crippen molar-refractivity contribution < 1.29 is 50.8 Å². The Bertz CT molecular complexity index is 1400. The summed E-state index contributed by atoms with van der Waals surface area (Å²) in [7, 11) is 2.93. The first-order valence-corrected chi connectivity index (χ1v) is 12.9. The number of aromatic nitrogens is 3. The fourth-order valence-electron chi connectivity index (χ4n) is 4.13. The number of carbonyl (C=O) groups excluding carboxylic acids is 1. The standard InChI is InChI=1S/C24H21ClF6N4O5S/c1-34(2)22(38)12-4-3-11(25)7-17(12)41-23-21(40-24(29,30)31)19(20(37)16(9-36)39-23)35-8-15(32-33-35)10-5-13(26)18(28)14(27)6-10/h3-8,16,19-21,23,36-37H,9H2,1-2H3/t16?,19?,20-,21?,23+/m0/s1. The van der Waals surface area contributed by atoms with Gasteiger partial charge >= 0.3 is 6.36 Å². The molecule has 9 nitrogen and oxygen atoms in total. The van der Waals surface area contributed by atoms with E-state index in [1.165, 1.54) is 37.2 Å². The minimum Gasteiger partial charge on any atom is -0.394 e. The molecule has 0 spiro atoms. The number of hydrogen-bond donors (Lipinski definition) is 2. The van der Waals surface area contributed by atoms with Gasteiger partial charge in [-0.15, -0.1) is 18.3 Å². The van der Waals surface area contributed by atoms with Gasteiger partial charge in [-0.1, -0.05) is 28.6 Å². The number of rotatable bonds is 7. The molecule has 1 aliphatic rings. The van der Waals surface area contributed by atoms with Crippen molar-refractivity contribution in [2.75, 3.05) is 20.7 Å². The van der Waals surface area contributed by atoms with E-state index in [9.17, 15) is 41.4 Å². The van der Waals surface area contributed by atoms with Gasteiger partial charge in [0.15, 0.2) is 17.5 Å². The van der Waals surface area contributed by atoms with Crippen molar-refractivity contribution in [1.82, 2.24) is 19.9 Å². The van der Waals surface area contributed by atoms with Crippen LogP contribution in [0.4, 0.5) is 26.3 Å². The molecule has 2 aromatic carbocycles. The highest BCUT2D eigenvalue weighted by Gasteiger charge is 2.52. The molecule has 0 aliphatic carbocycles. The van der Waals surface area contributed by atoms with E-state index in [1.807, 2.05) is 0 Å². The molecular weight excluding hydrogens is 606 g/mol. The Hall–Kier alpha value is -2.89. The van der Waals surface area contributed by atoms with Crippen LogP contribution < -0.4 is 0 Å². The van der Waals surface area contributed by atoms with Crippen molar-refractivity contribution in [2.24, 2.45) is 0 Å². The first-order chi connectivity index (χ1) is 19.2. The third-order valence-electron chi connectivity index (χ3n) is 6.01. The summed E-state index contributed by atoms with van der Waals surface area (Å²) in [4.78, 5) is 14.1. The maximum atomic E-state index is 13.8. The lowest BCUT2D eigenvalue weighted by Gasteiger charge is -2.43. The number of benzene rings is 2. The highest BCUT2D eigenvalue weighted by atomic mass is 35.5. The predicted octanol–water partition coefficient (Wildman–Crippen LogP) is 4.03. The van der Waals surface area contributed by atoms with E-state index in [2.05, 4.69) is 15.0 Å². The second kappa shape index (κ2) is 12.1. The largest absolute Gasteiger partial charge is 0.522 e. The van der Waals surface area contributed by atoms with Crippen LogP contribution in [0.2, 0.25) is 5.02 Å². The van der Waals surface area contributed by atoms with E-state index < -0.39 is 66.1 Å². The Morgan fingerprint density at radius 3 is 2.44 bits per heavy atom. The molecule has 0 saturated carbocycles. The van der Waals surface area contributed by atoms with Crippen LogP contribution in [0, 0.1) is 17.5 Å². The summed E-state index contributed by atoms with van der Waals surface area (Å²) in [5.41, 5.74) is -2.11. The van der Waals surface area contributed by atoms with Gasteiger partial charge in [-0.3, -0.25) is 9.53 Å². The topological polar surface area (TPSA) is 110 Å². The summed E-state index contributed by atoms with van der Waals surface area (Å²) < 4.78 is 92.7. The van der Waals surface area contributed by atoms with E-state index in [0.717, 1.165) is 10.9 Å². The Labute approximate surface area is 237 Å². The van der Waals surface area contributed by atoms with Crippen molar-refractivity contribution in [3.8, 4) is 11.3 Å². The summed E-state index contributed by atoms with van der Waals surface area (Å²) >= 11 is 6.71. The smallest absolute Gasteiger partial charge is 0.394 e. The fraction of sp³-hybridized carbons (Fsp3) is 0.375. The first-order valence-electron chi connectivity index (χ1n) is 11.6. The number of halogens is 7. The highest BCUT2D eigenvalue weighted by molar-refractivity contribution is 8.00. The molecule has 3 unspecified atom stereocenters. The van der Waals surface area contributed by atoms with Crippen molar-refractivity contribution in [3.05, 3.63) is 64.6 Å². The summed E-state index contributed by atoms with van der Waals surface area (Å²) in [6.07, 6.45) is -9.70. The molecule has 222 valence electrons. The zero-order valence-corrected chi connectivity index (χ0v) is 22.6. The van der Waals surface area contributed by atoms with E-state index >= 15 is 0 Å². The van der Waals surface area contributed by atoms with Crippen LogP contribution in [0.1, 0.15) is 16.4 Å². The summed E-state index contributed by atoms with van der Waals surface area (Å²) in [6.45, 7) is -0.845. The van der Waals surface area contributed by atoms with Crippen molar-refractivity contribution in [3.63, 3.8) is 0 Å². The molecule has 0 radical (unpaired) electrons. The lowest BCUT2D eigenvalue weighted by molar-refractivity contribution is -0.366. The zero-order valence-electron chi connectivity index (χ0n) is 21.0. The van der Waals surface area contributed by atoms with Gasteiger partial charge in [0.2, 0.25) is 0 Å². The number of ether oxygens (including phenoxy) is 2. The molecular formula is C24H21ClF6N4O5S. The van der Waals surface area contributed by atoms with Crippen LogP contribution in [-0.4, -0.2) is 86.8 Å². The maximum Gasteiger partial charge on any atom is 0.522 e. The molecule has 3 aromatic rings. The van der Waals surface area contributed by atoms with Crippen LogP contribution in [-0.2, 0) is 9.47 Å². The summed E-state index contributed by atoms with van der Waals surface area (Å²) in [5, 5.41) is 28.3. The van der Waals surface area contributed by atoms with Gasteiger partial charge in [0, 0.05) is 29.6 Å². The van der Waals surface area contributed by atoms with E-state index in [0.29, 0.717) is 23.9 Å². The Morgan fingerprint density at radius 1 is 1.20 bits per heavy atom. The average molecular weight is 627 g/mol. The predicted molar refractivity (Wildman–Crippen MR) is 132 cm³/mol. The van der Waals surface area contributed by atoms with Gasteiger partial charge < -0.3 is 19.8 Å². The van der Waals surface area contributed by atoms with Gasteiger partial charge in [0.1, 0.15) is 35.5 Å². The van der Waals surface area contributed by atoms with E-state index in [1.54, 1.807) is 0 Å². The number of aliphatic hydroxyl groups excluding tert-OH is 2. The van der Waals surface area contributed by atoms with Crippen LogP contribution in [0.5, 0.6) is 0 Å². The molecule has 2 N–H and O–H groups in total. The van der Waals surface area contributed by atoms with Crippen molar-refractivity contribution in [1.29, 1.82) is 0 Å². The van der Waals surface area contributed by atoms with Crippen molar-refractivity contribution in [2.45, 2.75) is 41.0 Å². The number of aliphatic hydroxyl groups is 2. The number of alkyl halides is 3. The molecule has 4 rings (SSSR count). The molecule has 41 heavy (non-hydrogen) atoms. The Balaban J connectivity index is 1.78. The molecule has 17 heteroatoms. The number of carbonyl (C=O) groups is 1. The lowest BCUT2D eigenvalue weighted by Crippen LogP contribution is -2.57. The number of thioether (sulfide) groups is 1. The van der Waals surface area contributed by atoms with Crippen LogP contribution in [0.3, 0.4) is 0 Å². The Kier molecular flexibility index (Phi) is 9.20. The monoisotopic (exact) mass is 626 g/mol. The molecule has 5 atom stereocenters.